The zero-order chi connectivity index (χ0) is 42.9. The van der Waals surface area contributed by atoms with E-state index in [1.54, 1.807) is 0 Å². The van der Waals surface area contributed by atoms with Gasteiger partial charge in [0.05, 0.1) is 13.7 Å². The van der Waals surface area contributed by atoms with Gasteiger partial charge in [-0.05, 0) is 75.4 Å². The Bertz CT molecular complexity index is 2870. The van der Waals surface area contributed by atoms with Gasteiger partial charge in [-0.15, -0.1) is 53.6 Å². The number of pyridine rings is 2. The van der Waals surface area contributed by atoms with Crippen LogP contribution in [0.1, 0.15) is 55.7 Å². The van der Waals surface area contributed by atoms with E-state index in [9.17, 15) is 0 Å². The number of benzene rings is 5. The van der Waals surface area contributed by atoms with E-state index >= 15 is 0 Å². The minimum atomic E-state index is -2.72. The molecule has 3 heterocycles. The van der Waals surface area contributed by atoms with E-state index in [0.29, 0.717) is 16.4 Å². The van der Waals surface area contributed by atoms with Crippen LogP contribution in [-0.4, -0.2) is 18.0 Å². The largest absolute Gasteiger partial charge is 0.501 e. The zero-order valence-corrected chi connectivity index (χ0v) is 31.8. The Hall–Kier alpha value is -4.41. The first-order valence-electron chi connectivity index (χ1n) is 21.2. The van der Waals surface area contributed by atoms with Gasteiger partial charge >= 0.3 is 0 Å². The standard InChI is InChI=1S/C28H20NO.C17H22NSi.Ir/c1-16-8-11-22(25-12-17(2)18(3)15-29-25)28-27(16)24-13-20-10-9-19-6-4-5-7-21(19)23(20)14-26(24)30-28;1-13(2)15-11-16(14-9-7-6-8-10-14)18-12-17(15)19(3,4)5;/h4-10,12-15H,1-3H3;6-9,11-13H,1-5H3;/q2*-1;/i1D3,2D3,3D3;13D;. The Kier molecular flexibility index (Phi) is 6.95. The van der Waals surface area contributed by atoms with Crippen molar-refractivity contribution in [1.82, 2.24) is 9.97 Å². The molecule has 0 aliphatic rings. The van der Waals surface area contributed by atoms with Gasteiger partial charge in [0.1, 0.15) is 5.58 Å². The van der Waals surface area contributed by atoms with Gasteiger partial charge in [0.2, 0.25) is 0 Å². The van der Waals surface area contributed by atoms with Crippen LogP contribution in [-0.2, 0) is 20.1 Å². The second kappa shape index (κ2) is 14.1. The molecule has 8 aromatic rings. The van der Waals surface area contributed by atoms with Crippen molar-refractivity contribution in [3.05, 3.63) is 138 Å². The number of hydrogen-bond acceptors (Lipinski definition) is 3. The molecule has 0 saturated heterocycles. The maximum absolute atomic E-state index is 8.44. The van der Waals surface area contributed by atoms with Gasteiger partial charge in [-0.1, -0.05) is 111 Å². The fraction of sp³-hybridized carbons (Fsp3) is 0.200. The number of hydrogen-bond donors (Lipinski definition) is 0. The molecule has 0 atom stereocenters. The third kappa shape index (κ3) is 6.70. The molecule has 1 radical (unpaired) electrons. The van der Waals surface area contributed by atoms with Crippen molar-refractivity contribution in [3.63, 3.8) is 0 Å². The molecule has 0 spiro atoms. The summed E-state index contributed by atoms with van der Waals surface area (Å²) in [4.78, 5) is 8.87. The van der Waals surface area contributed by atoms with E-state index in [1.807, 2.05) is 92.8 Å². The van der Waals surface area contributed by atoms with Crippen LogP contribution in [0.25, 0.3) is 66.0 Å². The maximum atomic E-state index is 8.44. The van der Waals surface area contributed by atoms with Crippen LogP contribution < -0.4 is 5.19 Å². The number of aryl methyl sites for hydroxylation is 3. The van der Waals surface area contributed by atoms with Crippen molar-refractivity contribution in [1.29, 1.82) is 0 Å². The Morgan fingerprint density at radius 1 is 0.740 bits per heavy atom. The average molecular weight is 857 g/mol. The Labute approximate surface area is 324 Å². The molecule has 8 rings (SSSR count). The van der Waals surface area contributed by atoms with E-state index in [0.717, 1.165) is 44.6 Å². The first-order valence-corrected chi connectivity index (χ1v) is 19.7. The van der Waals surface area contributed by atoms with Crippen LogP contribution in [0.5, 0.6) is 0 Å². The zero-order valence-electron chi connectivity index (χ0n) is 38.5. The molecule has 0 unspecified atom stereocenters. The summed E-state index contributed by atoms with van der Waals surface area (Å²) in [6, 6.07) is 34.3. The second-order valence-electron chi connectivity index (χ2n) is 13.5. The first kappa shape index (κ1) is 24.7. The predicted molar refractivity (Wildman–Crippen MR) is 211 cm³/mol. The topological polar surface area (TPSA) is 38.9 Å². The van der Waals surface area contributed by atoms with Crippen LogP contribution in [0.2, 0.25) is 19.6 Å². The smallest absolute Gasteiger partial charge is 0.121 e. The summed E-state index contributed by atoms with van der Waals surface area (Å²) in [7, 11) is -1.50. The number of furan rings is 1. The van der Waals surface area contributed by atoms with E-state index in [-0.39, 0.29) is 53.6 Å². The molecule has 5 heteroatoms. The normalized spacial score (nSPS) is 15.5. The summed E-state index contributed by atoms with van der Waals surface area (Å²) >= 11 is 0. The molecule has 0 saturated carbocycles. The van der Waals surface area contributed by atoms with Gasteiger partial charge in [0.25, 0.3) is 0 Å². The fourth-order valence-electron chi connectivity index (χ4n) is 6.27. The average Bonchev–Trinajstić information content (AvgIpc) is 3.53. The molecule has 5 aromatic carbocycles. The van der Waals surface area contributed by atoms with Crippen LogP contribution in [0.15, 0.2) is 108 Å². The Morgan fingerprint density at radius 2 is 1.50 bits per heavy atom. The summed E-state index contributed by atoms with van der Waals surface area (Å²) in [5.74, 6) is -0.609. The van der Waals surface area contributed by atoms with Gasteiger partial charge in [-0.2, -0.15) is 0 Å². The molecular formula is C45H42IrN2OSi-2. The van der Waals surface area contributed by atoms with Crippen molar-refractivity contribution >= 4 is 56.7 Å². The van der Waals surface area contributed by atoms with Gasteiger partial charge in [-0.25, -0.2) is 0 Å². The number of aromatic nitrogens is 2. The van der Waals surface area contributed by atoms with Crippen LogP contribution >= 0.6 is 0 Å². The first-order chi connectivity index (χ1) is 27.4. The molecule has 0 aliphatic carbocycles. The minimum absolute atomic E-state index is 0. The predicted octanol–water partition coefficient (Wildman–Crippen LogP) is 11.9. The molecule has 253 valence electrons. The quantitative estimate of drug-likeness (QED) is 0.101. The van der Waals surface area contributed by atoms with Crippen molar-refractivity contribution in [2.75, 3.05) is 0 Å². The van der Waals surface area contributed by atoms with E-state index < -0.39 is 34.5 Å². The third-order valence-electron chi connectivity index (χ3n) is 8.81. The minimum Gasteiger partial charge on any atom is -0.501 e. The molecule has 0 N–H and O–H groups in total. The summed E-state index contributed by atoms with van der Waals surface area (Å²) in [5, 5.41) is 6.12. The molecule has 0 aliphatic heterocycles. The molecule has 0 bridgehead atoms. The van der Waals surface area contributed by atoms with Crippen molar-refractivity contribution in [3.8, 4) is 22.5 Å². The van der Waals surface area contributed by atoms with Crippen molar-refractivity contribution < 1.29 is 38.2 Å². The molecule has 0 fully saturated rings. The number of fused-ring (bicyclic) bond motifs is 6. The second-order valence-corrected chi connectivity index (χ2v) is 18.5. The van der Waals surface area contributed by atoms with Gasteiger partial charge in [0.15, 0.2) is 0 Å². The summed E-state index contributed by atoms with van der Waals surface area (Å²) in [6.07, 6.45) is 3.01. The molecule has 3 aromatic heterocycles. The summed E-state index contributed by atoms with van der Waals surface area (Å²) < 4.78 is 86.2. The molecule has 3 nitrogen and oxygen atoms in total. The maximum Gasteiger partial charge on any atom is 0.121 e. The molecule has 0 amide bonds. The Balaban J connectivity index is 0.000000243. The molecule has 50 heavy (non-hydrogen) atoms. The van der Waals surface area contributed by atoms with E-state index in [4.69, 9.17) is 18.1 Å². The SMILES string of the molecule is [2H]C(C)(C)c1cc(-c2[c-]cccc2)ncc1[Si](C)(C)C.[2H]C([2H])([2H])c1cnc(-c2[c-]cc(C([2H])([2H])[2H])c3c2oc2cc4c(ccc5ccccc54)cc23)cc1C([2H])([2H])[2H].[Ir]. The van der Waals surface area contributed by atoms with Gasteiger partial charge in [0, 0.05) is 51.6 Å². The number of nitrogens with zero attached hydrogens (tertiary/aromatic N) is 2. The van der Waals surface area contributed by atoms with Crippen molar-refractivity contribution in [2.45, 2.75) is 59.9 Å². The molecular weight excluding hydrogens is 805 g/mol. The Morgan fingerprint density at radius 3 is 2.24 bits per heavy atom. The fourth-order valence-corrected chi connectivity index (χ4v) is 7.85. The third-order valence-corrected chi connectivity index (χ3v) is 10.8. The van der Waals surface area contributed by atoms with Crippen molar-refractivity contribution in [2.24, 2.45) is 0 Å². The van der Waals surface area contributed by atoms with Crippen LogP contribution in [0.3, 0.4) is 0 Å². The summed E-state index contributed by atoms with van der Waals surface area (Å²) in [6.45, 7) is 2.92. The van der Waals surface area contributed by atoms with Gasteiger partial charge < -0.3 is 14.4 Å². The van der Waals surface area contributed by atoms with E-state index in [2.05, 4.69) is 47.8 Å². The monoisotopic (exact) mass is 857 g/mol. The van der Waals surface area contributed by atoms with Crippen LogP contribution in [0, 0.1) is 32.7 Å². The van der Waals surface area contributed by atoms with Crippen LogP contribution in [0.4, 0.5) is 0 Å². The van der Waals surface area contributed by atoms with Gasteiger partial charge in [-0.3, -0.25) is 0 Å². The van der Waals surface area contributed by atoms with E-state index in [1.165, 1.54) is 17.3 Å². The number of rotatable bonds is 4. The summed E-state index contributed by atoms with van der Waals surface area (Å²) in [5.41, 5.74) is 3.29.